The molecule has 17 heavy (non-hydrogen) atoms. The molecule has 1 rings (SSSR count). The maximum Gasteiger partial charge on any atom is 0.183 e. The number of hydrogen-bond donors (Lipinski definition) is 1. The van der Waals surface area contributed by atoms with Gasteiger partial charge in [0.2, 0.25) is 0 Å². The monoisotopic (exact) mass is 257 g/mol. The number of rotatable bonds is 6. The molecule has 0 radical (unpaired) electrons. The van der Waals surface area contributed by atoms with E-state index in [0.717, 1.165) is 0 Å². The maximum atomic E-state index is 12.0. The van der Waals surface area contributed by atoms with Gasteiger partial charge in [0, 0.05) is 25.0 Å². The zero-order valence-corrected chi connectivity index (χ0v) is 11.6. The van der Waals surface area contributed by atoms with Crippen LogP contribution in [0.1, 0.15) is 50.6 Å². The van der Waals surface area contributed by atoms with Crippen LogP contribution in [0.15, 0.2) is 6.20 Å². The molecule has 4 nitrogen and oxygen atoms in total. The van der Waals surface area contributed by atoms with Crippen molar-refractivity contribution in [3.63, 3.8) is 0 Å². The van der Waals surface area contributed by atoms with Crippen molar-refractivity contribution in [2.24, 2.45) is 0 Å². The molecule has 0 saturated heterocycles. The summed E-state index contributed by atoms with van der Waals surface area (Å²) < 4.78 is 1.68. The van der Waals surface area contributed by atoms with Crippen LogP contribution in [-0.4, -0.2) is 28.2 Å². The average molecular weight is 258 g/mol. The third kappa shape index (κ3) is 3.82. The summed E-state index contributed by atoms with van der Waals surface area (Å²) >= 11 is 6.00. The zero-order chi connectivity index (χ0) is 13.0. The number of halogens is 1. The molecule has 0 spiro atoms. The van der Waals surface area contributed by atoms with Crippen molar-refractivity contribution in [2.75, 3.05) is 6.54 Å². The first kappa shape index (κ1) is 14.2. The molecule has 0 aliphatic carbocycles. The number of nitrogens with zero attached hydrogens (tertiary/aromatic N) is 2. The number of carbonyl (C=O) groups is 1. The van der Waals surface area contributed by atoms with Crippen LogP contribution in [-0.2, 0) is 0 Å². The Kier molecular flexibility index (Phi) is 5.15. The minimum absolute atomic E-state index is 0.0364. The second kappa shape index (κ2) is 6.17. The molecule has 0 aromatic carbocycles. The van der Waals surface area contributed by atoms with Gasteiger partial charge in [-0.25, -0.2) is 0 Å². The van der Waals surface area contributed by atoms with Gasteiger partial charge in [0.15, 0.2) is 5.78 Å². The molecule has 0 fully saturated rings. The van der Waals surface area contributed by atoms with E-state index in [9.17, 15) is 4.79 Å². The predicted octanol–water partition coefficient (Wildman–Crippen LogP) is 2.69. The van der Waals surface area contributed by atoms with Gasteiger partial charge in [-0.05, 0) is 13.8 Å². The van der Waals surface area contributed by atoms with Gasteiger partial charge in [0.25, 0.3) is 0 Å². The molecule has 0 amide bonds. The van der Waals surface area contributed by atoms with Gasteiger partial charge in [0.1, 0.15) is 5.69 Å². The highest BCUT2D eigenvalue weighted by Crippen LogP contribution is 2.20. The fraction of sp³-hybridized carbons (Fsp3) is 0.667. The summed E-state index contributed by atoms with van der Waals surface area (Å²) in [7, 11) is 0. The first-order valence-corrected chi connectivity index (χ1v) is 6.30. The van der Waals surface area contributed by atoms with Crippen molar-refractivity contribution in [1.29, 1.82) is 0 Å². The predicted molar refractivity (Wildman–Crippen MR) is 69.7 cm³/mol. The van der Waals surface area contributed by atoms with Crippen LogP contribution in [0.2, 0.25) is 5.02 Å². The largest absolute Gasteiger partial charge is 0.314 e. The van der Waals surface area contributed by atoms with Crippen molar-refractivity contribution in [3.8, 4) is 0 Å². The van der Waals surface area contributed by atoms with Gasteiger partial charge in [-0.15, -0.1) is 0 Å². The topological polar surface area (TPSA) is 46.9 Å². The summed E-state index contributed by atoms with van der Waals surface area (Å²) in [6.07, 6.45) is 1.97. The molecule has 0 unspecified atom stereocenters. The van der Waals surface area contributed by atoms with E-state index in [1.807, 2.05) is 13.8 Å². The summed E-state index contributed by atoms with van der Waals surface area (Å²) in [5, 5.41) is 7.77. The number of carbonyl (C=O) groups excluding carboxylic acids is 1. The fourth-order valence-corrected chi connectivity index (χ4v) is 1.82. The molecule has 1 aromatic heterocycles. The van der Waals surface area contributed by atoms with Crippen molar-refractivity contribution in [3.05, 3.63) is 16.9 Å². The highest BCUT2D eigenvalue weighted by molar-refractivity contribution is 6.33. The van der Waals surface area contributed by atoms with E-state index in [2.05, 4.69) is 24.3 Å². The van der Waals surface area contributed by atoms with Gasteiger partial charge in [0.05, 0.1) is 11.2 Å². The summed E-state index contributed by atoms with van der Waals surface area (Å²) in [4.78, 5) is 12.0. The minimum Gasteiger partial charge on any atom is -0.314 e. The molecular formula is C12H20ClN3O. The van der Waals surface area contributed by atoms with Crippen molar-refractivity contribution in [1.82, 2.24) is 15.1 Å². The number of aromatic nitrogens is 2. The molecule has 5 heteroatoms. The van der Waals surface area contributed by atoms with Gasteiger partial charge < -0.3 is 5.32 Å². The Bertz CT molecular complexity index is 385. The van der Waals surface area contributed by atoms with Crippen LogP contribution in [0.3, 0.4) is 0 Å². The van der Waals surface area contributed by atoms with E-state index in [1.54, 1.807) is 4.68 Å². The standard InChI is InChI=1S/C12H20ClN3O/c1-8(2)14-6-5-11(17)12-10(13)7-15-16(12)9(3)4/h7-9,14H,5-6H2,1-4H3. The zero-order valence-electron chi connectivity index (χ0n) is 10.8. The lowest BCUT2D eigenvalue weighted by atomic mass is 10.2. The Morgan fingerprint density at radius 2 is 2.12 bits per heavy atom. The number of nitrogens with one attached hydrogen (secondary N) is 1. The van der Waals surface area contributed by atoms with E-state index < -0.39 is 0 Å². The van der Waals surface area contributed by atoms with Gasteiger partial charge in [-0.3, -0.25) is 9.48 Å². The highest BCUT2D eigenvalue weighted by atomic mass is 35.5. The number of ketones is 1. The van der Waals surface area contributed by atoms with Gasteiger partial charge >= 0.3 is 0 Å². The van der Waals surface area contributed by atoms with E-state index in [4.69, 9.17) is 11.6 Å². The second-order valence-corrected chi connectivity index (χ2v) is 5.07. The van der Waals surface area contributed by atoms with Crippen LogP contribution in [0.25, 0.3) is 0 Å². The Balaban J connectivity index is 2.71. The average Bonchev–Trinajstić information content (AvgIpc) is 2.59. The second-order valence-electron chi connectivity index (χ2n) is 4.66. The normalized spacial score (nSPS) is 11.5. The van der Waals surface area contributed by atoms with Crippen molar-refractivity contribution < 1.29 is 4.79 Å². The van der Waals surface area contributed by atoms with E-state index in [-0.39, 0.29) is 11.8 Å². The van der Waals surface area contributed by atoms with Crippen LogP contribution in [0, 0.1) is 0 Å². The van der Waals surface area contributed by atoms with E-state index >= 15 is 0 Å². The Labute approximate surface area is 107 Å². The SMILES string of the molecule is CC(C)NCCC(=O)c1c(Cl)cnn1C(C)C. The Morgan fingerprint density at radius 3 is 2.65 bits per heavy atom. The van der Waals surface area contributed by atoms with Crippen LogP contribution < -0.4 is 5.32 Å². The third-order valence-corrected chi connectivity index (χ3v) is 2.69. The molecule has 0 saturated carbocycles. The minimum atomic E-state index is 0.0364. The Morgan fingerprint density at radius 1 is 1.47 bits per heavy atom. The Hall–Kier alpha value is -0.870. The van der Waals surface area contributed by atoms with Crippen molar-refractivity contribution in [2.45, 2.75) is 46.2 Å². The summed E-state index contributed by atoms with van der Waals surface area (Å²) in [5.74, 6) is 0.0364. The van der Waals surface area contributed by atoms with Crippen LogP contribution in [0.5, 0.6) is 0 Å². The molecule has 1 heterocycles. The lowest BCUT2D eigenvalue weighted by Crippen LogP contribution is -2.26. The highest BCUT2D eigenvalue weighted by Gasteiger charge is 2.18. The molecule has 96 valence electrons. The molecule has 0 aliphatic rings. The molecule has 1 N–H and O–H groups in total. The summed E-state index contributed by atoms with van der Waals surface area (Å²) in [5.41, 5.74) is 0.521. The van der Waals surface area contributed by atoms with Gasteiger partial charge in [-0.1, -0.05) is 25.4 Å². The van der Waals surface area contributed by atoms with Gasteiger partial charge in [-0.2, -0.15) is 5.10 Å². The summed E-state index contributed by atoms with van der Waals surface area (Å²) in [6, 6.07) is 0.521. The number of hydrogen-bond acceptors (Lipinski definition) is 3. The fourth-order valence-electron chi connectivity index (χ4n) is 1.59. The molecule has 0 atom stereocenters. The first-order valence-electron chi connectivity index (χ1n) is 5.93. The quantitative estimate of drug-likeness (QED) is 0.797. The lowest BCUT2D eigenvalue weighted by Gasteiger charge is -2.11. The maximum absolute atomic E-state index is 12.0. The molecule has 0 aliphatic heterocycles. The smallest absolute Gasteiger partial charge is 0.183 e. The lowest BCUT2D eigenvalue weighted by molar-refractivity contribution is 0.0970. The van der Waals surface area contributed by atoms with Crippen LogP contribution >= 0.6 is 11.6 Å². The summed E-state index contributed by atoms with van der Waals surface area (Å²) in [6.45, 7) is 8.72. The number of Topliss-reactive ketones (excluding diaryl/α,β-unsaturated/α-hetero) is 1. The third-order valence-electron chi connectivity index (χ3n) is 2.41. The first-order chi connectivity index (χ1) is 7.93. The van der Waals surface area contributed by atoms with E-state index in [1.165, 1.54) is 6.20 Å². The van der Waals surface area contributed by atoms with E-state index in [0.29, 0.717) is 29.7 Å². The van der Waals surface area contributed by atoms with Crippen molar-refractivity contribution >= 4 is 17.4 Å². The molecule has 1 aromatic rings. The van der Waals surface area contributed by atoms with Crippen LogP contribution in [0.4, 0.5) is 0 Å². The molecule has 0 bridgehead atoms. The molecular weight excluding hydrogens is 238 g/mol.